The average molecular weight is 387 g/mol. The van der Waals surface area contributed by atoms with E-state index in [1.54, 1.807) is 24.3 Å². The molecule has 1 N–H and O–H groups in total. The van der Waals surface area contributed by atoms with Crippen LogP contribution in [0.4, 0.5) is 10.8 Å². The maximum Gasteiger partial charge on any atom is 0.187 e. The number of sulfone groups is 1. The van der Waals surface area contributed by atoms with Crippen molar-refractivity contribution in [3.05, 3.63) is 59.0 Å². The summed E-state index contributed by atoms with van der Waals surface area (Å²) in [6.07, 6.45) is 3.26. The monoisotopic (exact) mass is 386 g/mol. The summed E-state index contributed by atoms with van der Waals surface area (Å²) in [7, 11) is -3.18. The fourth-order valence-corrected chi connectivity index (χ4v) is 4.20. The van der Waals surface area contributed by atoms with Crippen molar-refractivity contribution in [2.24, 2.45) is 0 Å². The molecule has 0 saturated carbocycles. The Morgan fingerprint density at radius 1 is 1.00 bits per heavy atom. The van der Waals surface area contributed by atoms with E-state index in [4.69, 9.17) is 0 Å². The molecule has 26 heavy (non-hydrogen) atoms. The maximum atomic E-state index is 11.5. The van der Waals surface area contributed by atoms with E-state index in [-0.39, 0.29) is 0 Å². The Morgan fingerprint density at radius 3 is 2.31 bits per heavy atom. The highest BCUT2D eigenvalue weighted by Crippen LogP contribution is 2.29. The van der Waals surface area contributed by atoms with Gasteiger partial charge in [0.25, 0.3) is 0 Å². The number of aromatic nitrogens is 1. The van der Waals surface area contributed by atoms with Gasteiger partial charge in [-0.2, -0.15) is 0 Å². The van der Waals surface area contributed by atoms with Crippen LogP contribution in [0.2, 0.25) is 0 Å². The van der Waals surface area contributed by atoms with Gasteiger partial charge in [-0.3, -0.25) is 0 Å². The molecule has 0 aliphatic rings. The zero-order valence-corrected chi connectivity index (χ0v) is 16.7. The molecule has 136 valence electrons. The van der Waals surface area contributed by atoms with Crippen molar-refractivity contribution >= 4 is 32.0 Å². The second-order valence-corrected chi connectivity index (χ2v) is 9.02. The number of thiazole rings is 1. The third-order valence-corrected chi connectivity index (χ3v) is 6.19. The van der Waals surface area contributed by atoms with E-state index in [2.05, 4.69) is 42.3 Å². The standard InChI is InChI=1S/C20H22N2O2S2/c1-4-14-6-7-16(12-15(14)5-2)19-13-25-20(22-19)21-17-8-10-18(11-9-17)26(3,23)24/h6-13H,4-5H2,1-3H3,(H,21,22). The number of aryl methyl sites for hydroxylation is 2. The highest BCUT2D eigenvalue weighted by atomic mass is 32.2. The van der Waals surface area contributed by atoms with Crippen LogP contribution in [0.5, 0.6) is 0 Å². The number of nitrogens with zero attached hydrogens (tertiary/aromatic N) is 1. The van der Waals surface area contributed by atoms with E-state index in [9.17, 15) is 8.42 Å². The predicted molar refractivity (Wildman–Crippen MR) is 109 cm³/mol. The molecule has 0 aliphatic carbocycles. The lowest BCUT2D eigenvalue weighted by Crippen LogP contribution is -1.97. The summed E-state index contributed by atoms with van der Waals surface area (Å²) in [6, 6.07) is 13.2. The SMILES string of the molecule is CCc1ccc(-c2csc(Nc3ccc(S(C)(=O)=O)cc3)n2)cc1CC. The minimum absolute atomic E-state index is 0.311. The van der Waals surface area contributed by atoms with Crippen LogP contribution in [0.15, 0.2) is 52.7 Å². The van der Waals surface area contributed by atoms with Crippen molar-refractivity contribution in [3.8, 4) is 11.3 Å². The minimum Gasteiger partial charge on any atom is -0.332 e. The molecule has 0 radical (unpaired) electrons. The quantitative estimate of drug-likeness (QED) is 0.642. The third kappa shape index (κ3) is 4.14. The highest BCUT2D eigenvalue weighted by molar-refractivity contribution is 7.90. The van der Waals surface area contributed by atoms with Gasteiger partial charge < -0.3 is 5.32 Å². The summed E-state index contributed by atoms with van der Waals surface area (Å²) >= 11 is 1.53. The fraction of sp³-hybridized carbons (Fsp3) is 0.250. The molecule has 3 aromatic rings. The van der Waals surface area contributed by atoms with Gasteiger partial charge in [0.05, 0.1) is 10.6 Å². The Morgan fingerprint density at radius 2 is 1.69 bits per heavy atom. The van der Waals surface area contributed by atoms with Crippen LogP contribution >= 0.6 is 11.3 Å². The summed E-state index contributed by atoms with van der Waals surface area (Å²) in [5.41, 5.74) is 5.63. The molecule has 3 rings (SSSR count). The third-order valence-electron chi connectivity index (χ3n) is 4.30. The van der Waals surface area contributed by atoms with Crippen molar-refractivity contribution in [1.82, 2.24) is 4.98 Å². The van der Waals surface area contributed by atoms with Gasteiger partial charge in [0, 0.05) is 22.9 Å². The van der Waals surface area contributed by atoms with E-state index in [0.29, 0.717) is 4.90 Å². The predicted octanol–water partition coefficient (Wildman–Crippen LogP) is 5.08. The van der Waals surface area contributed by atoms with Crippen LogP contribution in [-0.2, 0) is 22.7 Å². The summed E-state index contributed by atoms with van der Waals surface area (Å²) in [5.74, 6) is 0. The molecule has 0 spiro atoms. The molecule has 0 unspecified atom stereocenters. The largest absolute Gasteiger partial charge is 0.332 e. The van der Waals surface area contributed by atoms with Gasteiger partial charge in [-0.15, -0.1) is 11.3 Å². The minimum atomic E-state index is -3.18. The van der Waals surface area contributed by atoms with Crippen LogP contribution in [0, 0.1) is 0 Å². The molecule has 1 aromatic heterocycles. The van der Waals surface area contributed by atoms with E-state index in [1.807, 2.05) is 5.38 Å². The van der Waals surface area contributed by atoms with Crippen molar-refractivity contribution in [2.75, 3.05) is 11.6 Å². The summed E-state index contributed by atoms with van der Waals surface area (Å²) < 4.78 is 23.1. The molecule has 0 saturated heterocycles. The normalized spacial score (nSPS) is 11.5. The molecular weight excluding hydrogens is 364 g/mol. The number of hydrogen-bond donors (Lipinski definition) is 1. The van der Waals surface area contributed by atoms with Gasteiger partial charge in [-0.1, -0.05) is 26.0 Å². The molecule has 4 nitrogen and oxygen atoms in total. The molecule has 0 atom stereocenters. The van der Waals surface area contributed by atoms with Gasteiger partial charge in [0.2, 0.25) is 0 Å². The fourth-order valence-electron chi connectivity index (χ4n) is 2.83. The second-order valence-electron chi connectivity index (χ2n) is 6.15. The maximum absolute atomic E-state index is 11.5. The molecule has 1 heterocycles. The zero-order valence-electron chi connectivity index (χ0n) is 15.1. The van der Waals surface area contributed by atoms with Crippen molar-refractivity contribution in [2.45, 2.75) is 31.6 Å². The highest BCUT2D eigenvalue weighted by Gasteiger charge is 2.09. The molecular formula is C20H22N2O2S2. The number of rotatable bonds is 6. The van der Waals surface area contributed by atoms with Crippen LogP contribution in [0.25, 0.3) is 11.3 Å². The molecule has 2 aromatic carbocycles. The van der Waals surface area contributed by atoms with Crippen LogP contribution in [0.1, 0.15) is 25.0 Å². The Bertz CT molecular complexity index is 1010. The van der Waals surface area contributed by atoms with Crippen LogP contribution in [0.3, 0.4) is 0 Å². The molecule has 0 aliphatic heterocycles. The average Bonchev–Trinajstić information content (AvgIpc) is 3.09. The van der Waals surface area contributed by atoms with Crippen molar-refractivity contribution in [1.29, 1.82) is 0 Å². The van der Waals surface area contributed by atoms with E-state index < -0.39 is 9.84 Å². The lowest BCUT2D eigenvalue weighted by molar-refractivity contribution is 0.602. The smallest absolute Gasteiger partial charge is 0.187 e. The molecule has 6 heteroatoms. The Hall–Kier alpha value is -2.18. The number of benzene rings is 2. The van der Waals surface area contributed by atoms with E-state index in [1.165, 1.54) is 28.7 Å². The number of hydrogen-bond acceptors (Lipinski definition) is 5. The Kier molecular flexibility index (Phi) is 5.44. The number of anilines is 2. The second kappa shape index (κ2) is 7.60. The van der Waals surface area contributed by atoms with E-state index >= 15 is 0 Å². The molecule has 0 bridgehead atoms. The topological polar surface area (TPSA) is 59.1 Å². The van der Waals surface area contributed by atoms with Gasteiger partial charge in [0.15, 0.2) is 15.0 Å². The lowest BCUT2D eigenvalue weighted by Gasteiger charge is -2.07. The zero-order chi connectivity index (χ0) is 18.7. The van der Waals surface area contributed by atoms with E-state index in [0.717, 1.165) is 34.9 Å². The van der Waals surface area contributed by atoms with Crippen molar-refractivity contribution in [3.63, 3.8) is 0 Å². The van der Waals surface area contributed by atoms with Crippen molar-refractivity contribution < 1.29 is 8.42 Å². The van der Waals surface area contributed by atoms with Gasteiger partial charge in [0.1, 0.15) is 0 Å². The lowest BCUT2D eigenvalue weighted by atomic mass is 9.99. The molecule has 0 fully saturated rings. The van der Waals surface area contributed by atoms with Gasteiger partial charge in [-0.05, 0) is 54.3 Å². The Balaban J connectivity index is 1.80. The van der Waals surface area contributed by atoms with Gasteiger partial charge >= 0.3 is 0 Å². The van der Waals surface area contributed by atoms with Gasteiger partial charge in [-0.25, -0.2) is 13.4 Å². The summed E-state index contributed by atoms with van der Waals surface area (Å²) in [4.78, 5) is 4.98. The first-order chi connectivity index (χ1) is 12.4. The number of nitrogens with one attached hydrogen (secondary N) is 1. The van der Waals surface area contributed by atoms with Crippen LogP contribution < -0.4 is 5.32 Å². The first kappa shape index (κ1) is 18.6. The Labute approximate surface area is 158 Å². The summed E-state index contributed by atoms with van der Waals surface area (Å²) in [5, 5.41) is 6.05. The first-order valence-corrected chi connectivity index (χ1v) is 11.3. The summed E-state index contributed by atoms with van der Waals surface area (Å²) in [6.45, 7) is 4.35. The molecule has 0 amide bonds. The first-order valence-electron chi connectivity index (χ1n) is 8.55. The van der Waals surface area contributed by atoms with Crippen LogP contribution in [-0.4, -0.2) is 19.7 Å².